The molecular formula is C30H39ClF2N6O2. The monoisotopic (exact) mass is 588 g/mol. The molecule has 5 rings (SSSR count). The predicted molar refractivity (Wildman–Crippen MR) is 158 cm³/mol. The Balaban J connectivity index is 1.35. The van der Waals surface area contributed by atoms with Crippen molar-refractivity contribution in [1.29, 1.82) is 0 Å². The van der Waals surface area contributed by atoms with Crippen LogP contribution < -0.4 is 4.90 Å². The second-order valence-electron chi connectivity index (χ2n) is 11.7. The van der Waals surface area contributed by atoms with Crippen LogP contribution in [0, 0.1) is 5.92 Å². The zero-order valence-corrected chi connectivity index (χ0v) is 24.6. The zero-order valence-electron chi connectivity index (χ0n) is 23.9. The number of rotatable bonds is 8. The highest BCUT2D eigenvalue weighted by molar-refractivity contribution is 6.31. The Bertz CT molecular complexity index is 1300. The Morgan fingerprint density at radius 1 is 1.17 bits per heavy atom. The lowest BCUT2D eigenvalue weighted by atomic mass is 9.98. The lowest BCUT2D eigenvalue weighted by Gasteiger charge is -2.43. The van der Waals surface area contributed by atoms with E-state index < -0.39 is 23.7 Å². The Morgan fingerprint density at radius 2 is 1.93 bits per heavy atom. The number of anilines is 1. The molecule has 2 unspecified atom stereocenters. The lowest BCUT2D eigenvalue weighted by Crippen LogP contribution is -2.54. The number of carboxylic acid groups (broad SMARTS) is 1. The minimum atomic E-state index is -2.93. The molecule has 2 atom stereocenters. The number of carbonyl (C=O) groups is 1. The van der Waals surface area contributed by atoms with Crippen LogP contribution in [0.3, 0.4) is 0 Å². The Labute approximate surface area is 245 Å². The molecule has 0 aliphatic carbocycles. The number of carboxylic acids is 1. The van der Waals surface area contributed by atoms with Crippen LogP contribution in [-0.4, -0.2) is 94.6 Å². The molecule has 8 nitrogen and oxygen atoms in total. The summed E-state index contributed by atoms with van der Waals surface area (Å²) in [6.45, 7) is 11.0. The summed E-state index contributed by atoms with van der Waals surface area (Å²) in [7, 11) is 2.10. The Morgan fingerprint density at radius 3 is 2.59 bits per heavy atom. The highest BCUT2D eigenvalue weighted by Gasteiger charge is 2.32. The third kappa shape index (κ3) is 6.44. The fourth-order valence-corrected chi connectivity index (χ4v) is 6.52. The molecule has 3 aliphatic rings. The molecule has 0 bridgehead atoms. The number of nitrogens with zero attached hydrogens (tertiary/aromatic N) is 6. The first-order valence-corrected chi connectivity index (χ1v) is 14.7. The molecule has 2 fully saturated rings. The zero-order chi connectivity index (χ0) is 29.3. The number of benzene rings is 1. The number of likely N-dealkylation sites (N-methyl/N-ethyl adjacent to an activating group) is 1. The second-order valence-corrected chi connectivity index (χ2v) is 12.1. The number of hydrogen-bond donors (Lipinski definition) is 1. The van der Waals surface area contributed by atoms with Crippen molar-refractivity contribution in [2.45, 2.75) is 45.3 Å². The molecule has 0 spiro atoms. The lowest BCUT2D eigenvalue weighted by molar-refractivity contribution is 0.0594. The van der Waals surface area contributed by atoms with Gasteiger partial charge in [-0.1, -0.05) is 37.6 Å². The SMILES string of the molecule is CC(C)CN1CCN(C2C=CC(c3ccc(Cl)cc3N3CCCC(n4ncc(C(=O)O)c4C(F)F)C3)=CN2C)CC1. The van der Waals surface area contributed by atoms with Gasteiger partial charge in [0.1, 0.15) is 17.4 Å². The summed E-state index contributed by atoms with van der Waals surface area (Å²) in [6, 6.07) is 5.42. The fourth-order valence-electron chi connectivity index (χ4n) is 6.36. The summed E-state index contributed by atoms with van der Waals surface area (Å²) in [5, 5.41) is 14.1. The molecule has 3 aliphatic heterocycles. The van der Waals surface area contributed by atoms with Gasteiger partial charge in [0.05, 0.1) is 12.2 Å². The van der Waals surface area contributed by atoms with Gasteiger partial charge < -0.3 is 19.8 Å². The molecule has 222 valence electrons. The second kappa shape index (κ2) is 12.5. The number of aromatic nitrogens is 2. The van der Waals surface area contributed by atoms with Crippen molar-refractivity contribution in [2.24, 2.45) is 5.92 Å². The van der Waals surface area contributed by atoms with E-state index in [9.17, 15) is 18.7 Å². The number of alkyl halides is 2. The normalized spacial score (nSPS) is 22.6. The molecule has 4 heterocycles. The summed E-state index contributed by atoms with van der Waals surface area (Å²) in [6.07, 6.45) is 6.25. The molecule has 2 saturated heterocycles. The van der Waals surface area contributed by atoms with Gasteiger partial charge in [0, 0.05) is 75.3 Å². The van der Waals surface area contributed by atoms with E-state index >= 15 is 0 Å². The van der Waals surface area contributed by atoms with Crippen LogP contribution in [-0.2, 0) is 0 Å². The van der Waals surface area contributed by atoms with Gasteiger partial charge >= 0.3 is 5.97 Å². The van der Waals surface area contributed by atoms with Gasteiger partial charge in [-0.25, -0.2) is 13.6 Å². The molecule has 0 radical (unpaired) electrons. The van der Waals surface area contributed by atoms with Crippen LogP contribution in [0.15, 0.2) is 42.7 Å². The minimum Gasteiger partial charge on any atom is -0.478 e. The number of piperidine rings is 1. The van der Waals surface area contributed by atoms with Gasteiger partial charge in [0.25, 0.3) is 6.43 Å². The quantitative estimate of drug-likeness (QED) is 0.439. The third-order valence-corrected chi connectivity index (χ3v) is 8.47. The molecule has 0 saturated carbocycles. The van der Waals surface area contributed by atoms with E-state index in [1.807, 2.05) is 18.2 Å². The molecular weight excluding hydrogens is 550 g/mol. The molecule has 1 N–H and O–H groups in total. The van der Waals surface area contributed by atoms with Gasteiger partial charge in [-0.05, 0) is 42.5 Å². The minimum absolute atomic E-state index is 0.186. The molecule has 41 heavy (non-hydrogen) atoms. The number of halogens is 3. The number of piperazine rings is 1. The van der Waals surface area contributed by atoms with E-state index in [-0.39, 0.29) is 12.2 Å². The summed E-state index contributed by atoms with van der Waals surface area (Å²) < 4.78 is 29.0. The van der Waals surface area contributed by atoms with Crippen molar-refractivity contribution < 1.29 is 18.7 Å². The first-order valence-electron chi connectivity index (χ1n) is 14.3. The van der Waals surface area contributed by atoms with Gasteiger partial charge in [-0.2, -0.15) is 5.10 Å². The van der Waals surface area contributed by atoms with Crippen molar-refractivity contribution in [1.82, 2.24) is 24.5 Å². The first kappa shape index (κ1) is 29.5. The van der Waals surface area contributed by atoms with Crippen LogP contribution in [0.5, 0.6) is 0 Å². The summed E-state index contributed by atoms with van der Waals surface area (Å²) in [4.78, 5) is 21.0. The van der Waals surface area contributed by atoms with E-state index in [2.05, 4.69) is 63.9 Å². The number of hydrogen-bond acceptors (Lipinski definition) is 6. The van der Waals surface area contributed by atoms with Crippen LogP contribution in [0.1, 0.15) is 60.8 Å². The average Bonchev–Trinajstić information content (AvgIpc) is 3.40. The van der Waals surface area contributed by atoms with Gasteiger partial charge in [0.2, 0.25) is 0 Å². The maximum absolute atomic E-state index is 13.9. The molecule has 11 heteroatoms. The van der Waals surface area contributed by atoms with E-state index in [4.69, 9.17) is 11.6 Å². The van der Waals surface area contributed by atoms with Crippen molar-refractivity contribution >= 4 is 28.8 Å². The van der Waals surface area contributed by atoms with Crippen molar-refractivity contribution in [2.75, 3.05) is 57.8 Å². The molecule has 2 aromatic rings. The fraction of sp³-hybridized carbons (Fsp3) is 0.533. The third-order valence-electron chi connectivity index (χ3n) is 8.24. The van der Waals surface area contributed by atoms with Gasteiger partial charge in [0.15, 0.2) is 0 Å². The summed E-state index contributed by atoms with van der Waals surface area (Å²) in [5.74, 6) is -0.728. The smallest absolute Gasteiger partial charge is 0.339 e. The molecule has 0 amide bonds. The highest BCUT2D eigenvalue weighted by atomic mass is 35.5. The predicted octanol–water partition coefficient (Wildman–Crippen LogP) is 5.46. The maximum atomic E-state index is 13.9. The van der Waals surface area contributed by atoms with E-state index in [0.717, 1.165) is 68.7 Å². The average molecular weight is 589 g/mol. The summed E-state index contributed by atoms with van der Waals surface area (Å²) in [5.41, 5.74) is 2.01. The van der Waals surface area contributed by atoms with E-state index in [1.54, 1.807) is 0 Å². The Hall–Kier alpha value is -2.95. The van der Waals surface area contributed by atoms with Crippen LogP contribution in [0.4, 0.5) is 14.5 Å². The number of aromatic carboxylic acids is 1. The van der Waals surface area contributed by atoms with Crippen molar-refractivity contribution in [3.8, 4) is 0 Å². The summed E-state index contributed by atoms with van der Waals surface area (Å²) >= 11 is 6.46. The maximum Gasteiger partial charge on any atom is 0.339 e. The van der Waals surface area contributed by atoms with Crippen molar-refractivity contribution in [3.63, 3.8) is 0 Å². The topological polar surface area (TPSA) is 68.1 Å². The van der Waals surface area contributed by atoms with E-state index in [0.29, 0.717) is 23.9 Å². The highest BCUT2D eigenvalue weighted by Crippen LogP contribution is 2.37. The largest absolute Gasteiger partial charge is 0.478 e. The van der Waals surface area contributed by atoms with Crippen LogP contribution in [0.2, 0.25) is 5.02 Å². The number of allylic oxidation sites excluding steroid dienone is 2. The van der Waals surface area contributed by atoms with Crippen LogP contribution in [0.25, 0.3) is 5.57 Å². The van der Waals surface area contributed by atoms with Crippen LogP contribution >= 0.6 is 11.6 Å². The van der Waals surface area contributed by atoms with E-state index in [1.165, 1.54) is 4.68 Å². The molecule has 1 aromatic carbocycles. The molecule has 1 aromatic heterocycles. The Kier molecular flexibility index (Phi) is 9.01. The first-order chi connectivity index (χ1) is 19.6. The standard InChI is InChI=1S/C30H39ClF2N6O2/c1-20(2)17-36-11-13-37(14-12-36)27-9-6-21(18-35(27)3)24-8-7-22(31)15-26(24)38-10-4-5-23(19-38)39-28(29(32)33)25(16-34-39)30(40)41/h6-9,15-16,18,20,23,27,29H,4-5,10-14,17,19H2,1-3H3,(H,40,41). The van der Waals surface area contributed by atoms with Gasteiger partial charge in [-0.3, -0.25) is 9.58 Å². The van der Waals surface area contributed by atoms with Gasteiger partial charge in [-0.15, -0.1) is 0 Å². The van der Waals surface area contributed by atoms with Crippen molar-refractivity contribution in [3.05, 3.63) is 64.6 Å².